The maximum absolute atomic E-state index is 12.2. The summed E-state index contributed by atoms with van der Waals surface area (Å²) in [6.07, 6.45) is 9.31. The van der Waals surface area contributed by atoms with Crippen LogP contribution in [0.1, 0.15) is 56.4 Å². The molecule has 4 rings (SSSR count). The quantitative estimate of drug-likeness (QED) is 0.845. The van der Waals surface area contributed by atoms with Crippen molar-refractivity contribution in [2.45, 2.75) is 50.9 Å². The number of carbonyl (C=O) groups is 1. The average Bonchev–Trinajstić information content (AvgIpc) is 2.99. The molecule has 0 bridgehead atoms. The lowest BCUT2D eigenvalue weighted by atomic mass is 9.89. The van der Waals surface area contributed by atoms with Gasteiger partial charge in [-0.15, -0.1) is 0 Å². The number of anilines is 1. The zero-order valence-electron chi connectivity index (χ0n) is 16.0. The number of rotatable bonds is 6. The fourth-order valence-corrected chi connectivity index (χ4v) is 5.01. The number of carbonyl (C=O) groups excluding carboxylic acids is 1. The third kappa shape index (κ3) is 4.29. The lowest BCUT2D eigenvalue weighted by Gasteiger charge is -2.37. The summed E-state index contributed by atoms with van der Waals surface area (Å²) in [6.45, 7) is 7.29. The van der Waals surface area contributed by atoms with Gasteiger partial charge in [0.2, 0.25) is 5.91 Å². The Morgan fingerprint density at radius 2 is 1.69 bits per heavy atom. The summed E-state index contributed by atoms with van der Waals surface area (Å²) in [5, 5.41) is 3.02. The second-order valence-electron chi connectivity index (χ2n) is 8.42. The van der Waals surface area contributed by atoms with Gasteiger partial charge in [-0.05, 0) is 49.8 Å². The van der Waals surface area contributed by atoms with Crippen LogP contribution in [-0.2, 0) is 4.79 Å². The van der Waals surface area contributed by atoms with Gasteiger partial charge in [0.1, 0.15) is 0 Å². The van der Waals surface area contributed by atoms with E-state index >= 15 is 0 Å². The summed E-state index contributed by atoms with van der Waals surface area (Å²) >= 11 is 0. The van der Waals surface area contributed by atoms with Crippen LogP contribution in [0.4, 0.5) is 5.69 Å². The fourth-order valence-electron chi connectivity index (χ4n) is 5.01. The predicted molar refractivity (Wildman–Crippen MR) is 107 cm³/mol. The van der Waals surface area contributed by atoms with Crippen LogP contribution >= 0.6 is 0 Å². The summed E-state index contributed by atoms with van der Waals surface area (Å²) in [6, 6.07) is 8.15. The minimum Gasteiger partial charge on any atom is -0.325 e. The molecule has 1 amide bonds. The summed E-state index contributed by atoms with van der Waals surface area (Å²) in [5.74, 6) is 1.19. The smallest absolute Gasteiger partial charge is 0.232 e. The van der Waals surface area contributed by atoms with Crippen LogP contribution in [0.3, 0.4) is 0 Å². The molecule has 1 saturated heterocycles. The molecule has 4 heteroatoms. The van der Waals surface area contributed by atoms with E-state index in [0.29, 0.717) is 0 Å². The van der Waals surface area contributed by atoms with Gasteiger partial charge in [0.15, 0.2) is 0 Å². The van der Waals surface area contributed by atoms with E-state index in [4.69, 9.17) is 0 Å². The van der Waals surface area contributed by atoms with E-state index in [0.717, 1.165) is 31.0 Å². The first-order valence-electron chi connectivity index (χ1n) is 10.6. The highest BCUT2D eigenvalue weighted by atomic mass is 16.2. The predicted octanol–water partition coefficient (Wildman–Crippen LogP) is 3.70. The van der Waals surface area contributed by atoms with Gasteiger partial charge in [-0.1, -0.05) is 37.5 Å². The molecule has 142 valence electrons. The van der Waals surface area contributed by atoms with Crippen molar-refractivity contribution in [1.82, 2.24) is 9.80 Å². The van der Waals surface area contributed by atoms with Gasteiger partial charge in [-0.3, -0.25) is 4.79 Å². The van der Waals surface area contributed by atoms with E-state index < -0.39 is 0 Å². The molecule has 2 fully saturated rings. The highest BCUT2D eigenvalue weighted by Crippen LogP contribution is 2.35. The van der Waals surface area contributed by atoms with Gasteiger partial charge in [0.05, 0.1) is 5.92 Å². The molecular formula is C22H33N3O. The number of para-hydroxylation sites is 1. The number of nitrogens with one attached hydrogen (secondary N) is 1. The lowest BCUT2D eigenvalue weighted by molar-refractivity contribution is -0.117. The monoisotopic (exact) mass is 355 g/mol. The number of nitrogens with zero attached hydrogens (tertiary/aromatic N) is 2. The molecule has 1 aliphatic carbocycles. The van der Waals surface area contributed by atoms with E-state index in [1.807, 2.05) is 18.2 Å². The van der Waals surface area contributed by atoms with Crippen LogP contribution in [0.2, 0.25) is 0 Å². The minimum absolute atomic E-state index is 0.0544. The first kappa shape index (κ1) is 18.0. The second kappa shape index (κ2) is 8.53. The van der Waals surface area contributed by atoms with Gasteiger partial charge in [0.25, 0.3) is 0 Å². The molecule has 1 unspecified atom stereocenters. The normalized spacial score (nSPS) is 25.2. The third-order valence-electron chi connectivity index (χ3n) is 6.58. The Bertz CT molecular complexity index is 603. The van der Waals surface area contributed by atoms with Crippen LogP contribution in [0, 0.1) is 5.92 Å². The molecule has 0 spiro atoms. The molecule has 26 heavy (non-hydrogen) atoms. The standard InChI is InChI=1S/C22H33N3O/c26-22-20(19-9-4-5-11-21(19)23-22)10-6-12-24-13-15-25(16-14-24)17-18-7-2-1-3-8-18/h4-5,9,11,18,20H,1-3,6-8,10,12-17H2,(H,23,26). The molecule has 1 aromatic rings. The van der Waals surface area contributed by atoms with Gasteiger partial charge in [-0.2, -0.15) is 0 Å². The average molecular weight is 356 g/mol. The number of hydrogen-bond acceptors (Lipinski definition) is 3. The van der Waals surface area contributed by atoms with Crippen molar-refractivity contribution < 1.29 is 4.79 Å². The minimum atomic E-state index is 0.0544. The summed E-state index contributed by atoms with van der Waals surface area (Å²) in [7, 11) is 0. The Labute approximate surface area is 157 Å². The Balaban J connectivity index is 1.17. The molecule has 4 nitrogen and oxygen atoms in total. The van der Waals surface area contributed by atoms with Crippen molar-refractivity contribution in [3.63, 3.8) is 0 Å². The Hall–Kier alpha value is -1.39. The number of hydrogen-bond donors (Lipinski definition) is 1. The van der Waals surface area contributed by atoms with Crippen molar-refractivity contribution in [3.05, 3.63) is 29.8 Å². The molecule has 2 heterocycles. The number of amides is 1. The van der Waals surface area contributed by atoms with Crippen LogP contribution in [0.15, 0.2) is 24.3 Å². The van der Waals surface area contributed by atoms with Crippen LogP contribution in [-0.4, -0.2) is 55.0 Å². The van der Waals surface area contributed by atoms with E-state index in [1.165, 1.54) is 70.4 Å². The number of piperazine rings is 1. The summed E-state index contributed by atoms with van der Waals surface area (Å²) < 4.78 is 0. The van der Waals surface area contributed by atoms with Crippen LogP contribution in [0.5, 0.6) is 0 Å². The first-order valence-corrected chi connectivity index (χ1v) is 10.6. The molecular weight excluding hydrogens is 322 g/mol. The van der Waals surface area contributed by atoms with Crippen molar-refractivity contribution in [2.24, 2.45) is 5.92 Å². The van der Waals surface area contributed by atoms with Gasteiger partial charge in [0, 0.05) is 38.4 Å². The highest BCUT2D eigenvalue weighted by molar-refractivity contribution is 6.02. The zero-order valence-corrected chi connectivity index (χ0v) is 16.0. The van der Waals surface area contributed by atoms with Crippen LogP contribution < -0.4 is 5.32 Å². The second-order valence-corrected chi connectivity index (χ2v) is 8.42. The molecule has 0 aromatic heterocycles. The van der Waals surface area contributed by atoms with E-state index in [2.05, 4.69) is 21.2 Å². The SMILES string of the molecule is O=C1Nc2ccccc2C1CCCN1CCN(CC2CCCCC2)CC1. The maximum Gasteiger partial charge on any atom is 0.232 e. The molecule has 0 radical (unpaired) electrons. The van der Waals surface area contributed by atoms with Gasteiger partial charge in [-0.25, -0.2) is 0 Å². The molecule has 3 aliphatic rings. The lowest BCUT2D eigenvalue weighted by Crippen LogP contribution is -2.48. The van der Waals surface area contributed by atoms with Crippen molar-refractivity contribution in [1.29, 1.82) is 0 Å². The fraction of sp³-hybridized carbons (Fsp3) is 0.682. The summed E-state index contributed by atoms with van der Waals surface area (Å²) in [4.78, 5) is 17.5. The summed E-state index contributed by atoms with van der Waals surface area (Å²) in [5.41, 5.74) is 2.20. The Kier molecular flexibility index (Phi) is 5.91. The topological polar surface area (TPSA) is 35.6 Å². The van der Waals surface area contributed by atoms with Crippen molar-refractivity contribution in [3.8, 4) is 0 Å². The Morgan fingerprint density at radius 1 is 0.962 bits per heavy atom. The Morgan fingerprint density at radius 3 is 2.50 bits per heavy atom. The maximum atomic E-state index is 12.2. The largest absolute Gasteiger partial charge is 0.325 e. The van der Waals surface area contributed by atoms with Gasteiger partial charge < -0.3 is 15.1 Å². The third-order valence-corrected chi connectivity index (χ3v) is 6.58. The molecule has 1 aromatic carbocycles. The molecule has 1 saturated carbocycles. The zero-order chi connectivity index (χ0) is 17.8. The van der Waals surface area contributed by atoms with E-state index in [-0.39, 0.29) is 11.8 Å². The first-order chi connectivity index (χ1) is 12.8. The number of fused-ring (bicyclic) bond motifs is 1. The molecule has 2 aliphatic heterocycles. The van der Waals surface area contributed by atoms with E-state index in [1.54, 1.807) is 0 Å². The van der Waals surface area contributed by atoms with Crippen molar-refractivity contribution in [2.75, 3.05) is 44.6 Å². The highest BCUT2D eigenvalue weighted by Gasteiger charge is 2.29. The van der Waals surface area contributed by atoms with E-state index in [9.17, 15) is 4.79 Å². The molecule has 1 N–H and O–H groups in total. The molecule has 1 atom stereocenters. The van der Waals surface area contributed by atoms with Crippen molar-refractivity contribution >= 4 is 11.6 Å². The van der Waals surface area contributed by atoms with Gasteiger partial charge >= 0.3 is 0 Å². The number of benzene rings is 1. The van der Waals surface area contributed by atoms with Crippen LogP contribution in [0.25, 0.3) is 0 Å².